The summed E-state index contributed by atoms with van der Waals surface area (Å²) < 4.78 is 5.63. The van der Waals surface area contributed by atoms with E-state index in [0.29, 0.717) is 13.1 Å². The van der Waals surface area contributed by atoms with Gasteiger partial charge >= 0.3 is 6.03 Å². The third-order valence-electron chi connectivity index (χ3n) is 3.28. The van der Waals surface area contributed by atoms with Crippen molar-refractivity contribution in [2.24, 2.45) is 0 Å². The van der Waals surface area contributed by atoms with Crippen molar-refractivity contribution in [3.63, 3.8) is 0 Å². The van der Waals surface area contributed by atoms with Crippen molar-refractivity contribution in [3.8, 4) is 0 Å². The predicted octanol–water partition coefficient (Wildman–Crippen LogP) is -0.234. The fourth-order valence-corrected chi connectivity index (χ4v) is 3.20. The molecule has 21 heavy (non-hydrogen) atoms. The van der Waals surface area contributed by atoms with Crippen LogP contribution >= 0.6 is 11.3 Å². The number of thiophene rings is 1. The molecule has 2 rings (SSSR count). The Morgan fingerprint density at radius 3 is 2.71 bits per heavy atom. The molecule has 0 unspecified atom stereocenters. The second-order valence-electron chi connectivity index (χ2n) is 5.40. The lowest BCUT2D eigenvalue weighted by molar-refractivity contribution is -0.907. The third kappa shape index (κ3) is 5.45. The highest BCUT2D eigenvalue weighted by Gasteiger charge is 2.27. The molecule has 0 spiro atoms. The molecule has 2 heterocycles. The van der Waals surface area contributed by atoms with Gasteiger partial charge in [0.05, 0.1) is 6.54 Å². The number of morpholine rings is 1. The number of urea groups is 1. The number of imide groups is 1. The molecule has 0 bridgehead atoms. The summed E-state index contributed by atoms with van der Waals surface area (Å²) in [5, 5.41) is 7.00. The molecule has 0 aliphatic carbocycles. The van der Waals surface area contributed by atoms with Crippen LogP contribution < -0.4 is 15.5 Å². The van der Waals surface area contributed by atoms with Gasteiger partial charge in [0.2, 0.25) is 0 Å². The molecule has 0 saturated carbocycles. The molecular formula is C14H22N3O3S+. The molecule has 1 aliphatic rings. The molecular weight excluding hydrogens is 290 g/mol. The van der Waals surface area contributed by atoms with E-state index in [-0.39, 0.29) is 18.1 Å². The number of amides is 3. The van der Waals surface area contributed by atoms with Crippen LogP contribution in [-0.2, 0) is 16.1 Å². The summed E-state index contributed by atoms with van der Waals surface area (Å²) in [7, 11) is 0. The van der Waals surface area contributed by atoms with E-state index in [9.17, 15) is 9.59 Å². The first kappa shape index (κ1) is 15.9. The molecule has 0 aromatic carbocycles. The van der Waals surface area contributed by atoms with Gasteiger partial charge in [0, 0.05) is 4.88 Å². The Morgan fingerprint density at radius 1 is 1.38 bits per heavy atom. The van der Waals surface area contributed by atoms with E-state index in [1.54, 1.807) is 11.3 Å². The smallest absolute Gasteiger partial charge is 0.321 e. The fourth-order valence-electron chi connectivity index (χ4n) is 2.56. The van der Waals surface area contributed by atoms with E-state index >= 15 is 0 Å². The van der Waals surface area contributed by atoms with Crippen molar-refractivity contribution < 1.29 is 19.2 Å². The van der Waals surface area contributed by atoms with Gasteiger partial charge in [-0.05, 0) is 25.3 Å². The molecule has 1 aromatic heterocycles. The molecule has 1 fully saturated rings. The van der Waals surface area contributed by atoms with E-state index in [0.717, 1.165) is 22.9 Å². The lowest BCUT2D eigenvalue weighted by Crippen LogP contribution is -3.16. The largest absolute Gasteiger partial charge is 0.364 e. The zero-order valence-corrected chi connectivity index (χ0v) is 13.2. The summed E-state index contributed by atoms with van der Waals surface area (Å²) in [6.45, 7) is 6.31. The Labute approximate surface area is 128 Å². The maximum Gasteiger partial charge on any atom is 0.321 e. The van der Waals surface area contributed by atoms with Gasteiger partial charge in [-0.2, -0.15) is 0 Å². The Bertz CT molecular complexity index is 468. The number of nitrogens with one attached hydrogen (secondary N) is 3. The Kier molecular flexibility index (Phi) is 5.72. The van der Waals surface area contributed by atoms with E-state index in [1.165, 1.54) is 0 Å². The molecule has 2 atom stereocenters. The minimum Gasteiger partial charge on any atom is -0.364 e. The maximum atomic E-state index is 11.9. The van der Waals surface area contributed by atoms with Gasteiger partial charge in [-0.25, -0.2) is 4.79 Å². The van der Waals surface area contributed by atoms with Gasteiger partial charge in [0.1, 0.15) is 25.3 Å². The van der Waals surface area contributed by atoms with Crippen LogP contribution in [0.5, 0.6) is 0 Å². The molecule has 1 aliphatic heterocycles. The minimum atomic E-state index is -0.442. The number of hydrogen-bond donors (Lipinski definition) is 3. The van der Waals surface area contributed by atoms with E-state index in [4.69, 9.17) is 4.74 Å². The first-order valence-electron chi connectivity index (χ1n) is 7.12. The lowest BCUT2D eigenvalue weighted by atomic mass is 10.2. The number of hydrogen-bond acceptors (Lipinski definition) is 4. The molecule has 3 amide bonds. The van der Waals surface area contributed by atoms with Crippen LogP contribution in [0.25, 0.3) is 0 Å². The third-order valence-corrected chi connectivity index (χ3v) is 4.16. The van der Waals surface area contributed by atoms with Crippen LogP contribution in [0, 0.1) is 0 Å². The lowest BCUT2D eigenvalue weighted by Gasteiger charge is -2.31. The van der Waals surface area contributed by atoms with Crippen LogP contribution in [-0.4, -0.2) is 43.8 Å². The van der Waals surface area contributed by atoms with E-state index in [2.05, 4.69) is 10.6 Å². The van der Waals surface area contributed by atoms with Crippen LogP contribution in [0.1, 0.15) is 18.7 Å². The monoisotopic (exact) mass is 312 g/mol. The van der Waals surface area contributed by atoms with E-state index in [1.807, 2.05) is 31.4 Å². The normalized spacial score (nSPS) is 25.3. The molecule has 1 aromatic rings. The van der Waals surface area contributed by atoms with Crippen LogP contribution in [0.15, 0.2) is 17.5 Å². The summed E-state index contributed by atoms with van der Waals surface area (Å²) >= 11 is 1.57. The molecule has 1 saturated heterocycles. The average Bonchev–Trinajstić information content (AvgIpc) is 2.87. The van der Waals surface area contributed by atoms with Gasteiger partial charge in [0.25, 0.3) is 5.91 Å². The standard InChI is InChI=1S/C14H21N3O3S/c1-10-7-17(8-11(2)20-10)9-13(18)16-14(19)15-6-12-4-3-5-21-12/h3-5,10-11H,6-9H2,1-2H3,(H2,15,16,18,19)/p+1/t10-,11-/m0/s1. The Balaban J connectivity index is 1.69. The summed E-state index contributed by atoms with van der Waals surface area (Å²) in [5.41, 5.74) is 0. The number of quaternary nitrogens is 1. The predicted molar refractivity (Wildman–Crippen MR) is 80.3 cm³/mol. The van der Waals surface area contributed by atoms with Crippen molar-refractivity contribution in [1.29, 1.82) is 0 Å². The van der Waals surface area contributed by atoms with Crippen molar-refractivity contribution in [1.82, 2.24) is 10.6 Å². The second kappa shape index (κ2) is 7.53. The highest BCUT2D eigenvalue weighted by atomic mass is 32.1. The molecule has 0 radical (unpaired) electrons. The quantitative estimate of drug-likeness (QED) is 0.719. The second-order valence-corrected chi connectivity index (χ2v) is 6.43. The van der Waals surface area contributed by atoms with Gasteiger partial charge in [-0.15, -0.1) is 11.3 Å². The van der Waals surface area contributed by atoms with Crippen LogP contribution in [0.2, 0.25) is 0 Å². The summed E-state index contributed by atoms with van der Waals surface area (Å²) in [5.74, 6) is -0.255. The molecule has 6 nitrogen and oxygen atoms in total. The highest BCUT2D eigenvalue weighted by molar-refractivity contribution is 7.09. The van der Waals surface area contributed by atoms with Gasteiger partial charge in [0.15, 0.2) is 6.54 Å². The number of carbonyl (C=O) groups excluding carboxylic acids is 2. The molecule has 3 N–H and O–H groups in total. The van der Waals surface area contributed by atoms with Crippen molar-refractivity contribution >= 4 is 23.3 Å². The van der Waals surface area contributed by atoms with Gasteiger partial charge in [-0.3, -0.25) is 10.1 Å². The van der Waals surface area contributed by atoms with E-state index < -0.39 is 6.03 Å². The zero-order valence-electron chi connectivity index (χ0n) is 12.3. The minimum absolute atomic E-state index is 0.143. The summed E-state index contributed by atoms with van der Waals surface area (Å²) in [6, 6.07) is 3.42. The molecule has 116 valence electrons. The fraction of sp³-hybridized carbons (Fsp3) is 0.571. The zero-order chi connectivity index (χ0) is 15.2. The highest BCUT2D eigenvalue weighted by Crippen LogP contribution is 2.06. The first-order chi connectivity index (χ1) is 10.0. The Morgan fingerprint density at radius 2 is 2.10 bits per heavy atom. The molecule has 7 heteroatoms. The number of ether oxygens (including phenoxy) is 1. The SMILES string of the molecule is C[C@H]1C[NH+](CC(=O)NC(=O)NCc2cccs2)C[C@H](C)O1. The van der Waals surface area contributed by atoms with Crippen molar-refractivity contribution in [2.45, 2.75) is 32.6 Å². The van der Waals surface area contributed by atoms with Crippen molar-refractivity contribution in [2.75, 3.05) is 19.6 Å². The van der Waals surface area contributed by atoms with Gasteiger partial charge < -0.3 is 15.0 Å². The Hall–Kier alpha value is -1.44. The topological polar surface area (TPSA) is 71.9 Å². The van der Waals surface area contributed by atoms with Gasteiger partial charge in [-0.1, -0.05) is 6.07 Å². The number of rotatable bonds is 4. The maximum absolute atomic E-state index is 11.9. The van der Waals surface area contributed by atoms with Crippen molar-refractivity contribution in [3.05, 3.63) is 22.4 Å². The number of carbonyl (C=O) groups is 2. The average molecular weight is 312 g/mol. The summed E-state index contributed by atoms with van der Waals surface area (Å²) in [6.07, 6.45) is 0.286. The summed E-state index contributed by atoms with van der Waals surface area (Å²) in [4.78, 5) is 25.7. The van der Waals surface area contributed by atoms with Crippen LogP contribution in [0.4, 0.5) is 4.79 Å². The first-order valence-corrected chi connectivity index (χ1v) is 8.00. The van der Waals surface area contributed by atoms with Crippen LogP contribution in [0.3, 0.4) is 0 Å².